The second-order valence-electron chi connectivity index (χ2n) is 2.33. The van der Waals surface area contributed by atoms with Gasteiger partial charge >= 0.3 is 6.18 Å². The maximum absolute atomic E-state index is 11.9. The van der Waals surface area contributed by atoms with Crippen LogP contribution in [0.4, 0.5) is 13.2 Å². The molecule has 7 heteroatoms. The second kappa shape index (κ2) is 3.28. The molecule has 0 unspecified atom stereocenters. The zero-order valence-electron chi connectivity index (χ0n) is 6.02. The lowest BCUT2D eigenvalue weighted by molar-refractivity contribution is -0.433. The fourth-order valence-corrected chi connectivity index (χ4v) is 0.569. The number of carbonyl (C=O) groups is 1. The van der Waals surface area contributed by atoms with Crippen LogP contribution in [0.2, 0.25) is 0 Å². The van der Waals surface area contributed by atoms with E-state index in [1.54, 1.807) is 0 Å². The molecule has 0 rings (SSSR count). The van der Waals surface area contributed by atoms with Gasteiger partial charge in [0.2, 0.25) is 5.60 Å². The van der Waals surface area contributed by atoms with E-state index in [9.17, 15) is 23.1 Å². The molecule has 0 heterocycles. The summed E-state index contributed by atoms with van der Waals surface area (Å²) in [4.78, 5) is 9.82. The Morgan fingerprint density at radius 1 is 1.50 bits per heavy atom. The molecule has 0 aliphatic carbocycles. The average Bonchev–Trinajstić information content (AvgIpc) is 1.83. The highest BCUT2D eigenvalue weighted by atomic mass is 19.4. The van der Waals surface area contributed by atoms with E-state index in [-0.39, 0.29) is 0 Å². The van der Waals surface area contributed by atoms with Gasteiger partial charge in [0.25, 0.3) is 0 Å². The number of carboxylic acids is 1. The summed E-state index contributed by atoms with van der Waals surface area (Å²) in [6.07, 6.45) is -6.48. The van der Waals surface area contributed by atoms with Crippen molar-refractivity contribution in [3.8, 4) is 0 Å². The Hall–Kier alpha value is -0.820. The highest BCUT2D eigenvalue weighted by Crippen LogP contribution is 2.31. The SMILES string of the molecule is [NH3+]C[C@@](O)(CC(=O)[O-])C(F)(F)F. The average molecular weight is 187 g/mol. The van der Waals surface area contributed by atoms with Gasteiger partial charge in [-0.2, -0.15) is 13.2 Å². The number of aliphatic carboxylic acids is 1. The molecule has 4 N–H and O–H groups in total. The van der Waals surface area contributed by atoms with Crippen LogP contribution < -0.4 is 10.8 Å². The van der Waals surface area contributed by atoms with E-state index in [0.29, 0.717) is 0 Å². The minimum atomic E-state index is -4.99. The predicted octanol–water partition coefficient (Wildman–Crippen LogP) is -2.34. The van der Waals surface area contributed by atoms with Crippen molar-refractivity contribution in [3.05, 3.63) is 0 Å². The van der Waals surface area contributed by atoms with Gasteiger partial charge in [-0.05, 0) is 0 Å². The molecule has 0 aliphatic rings. The van der Waals surface area contributed by atoms with Crippen molar-refractivity contribution in [1.82, 2.24) is 0 Å². The molecular weight excluding hydrogens is 179 g/mol. The summed E-state index contributed by atoms with van der Waals surface area (Å²) in [6.45, 7) is -0.954. The molecule has 1 atom stereocenters. The lowest BCUT2D eigenvalue weighted by atomic mass is 10.00. The zero-order valence-corrected chi connectivity index (χ0v) is 6.02. The summed E-state index contributed by atoms with van der Waals surface area (Å²) in [5, 5.41) is 18.5. The third-order valence-corrected chi connectivity index (χ3v) is 1.38. The van der Waals surface area contributed by atoms with Gasteiger partial charge < -0.3 is 20.7 Å². The van der Waals surface area contributed by atoms with Crippen LogP contribution in [-0.2, 0) is 4.79 Å². The minimum absolute atomic E-state index is 0.954. The number of rotatable bonds is 3. The molecule has 72 valence electrons. The molecule has 0 aromatic heterocycles. The molecule has 0 fully saturated rings. The Morgan fingerprint density at radius 2 is 1.92 bits per heavy atom. The fourth-order valence-electron chi connectivity index (χ4n) is 0.569. The van der Waals surface area contributed by atoms with Gasteiger partial charge in [-0.1, -0.05) is 0 Å². The molecule has 0 aromatic carbocycles. The number of carbonyl (C=O) groups excluding carboxylic acids is 1. The summed E-state index contributed by atoms with van der Waals surface area (Å²) in [5.41, 5.74) is -0.456. The summed E-state index contributed by atoms with van der Waals surface area (Å²) in [5.74, 6) is -1.96. The van der Waals surface area contributed by atoms with Crippen LogP contribution in [0.3, 0.4) is 0 Å². The van der Waals surface area contributed by atoms with E-state index in [0.717, 1.165) is 0 Å². The number of halogens is 3. The zero-order chi connectivity index (χ0) is 9.99. The quantitative estimate of drug-likeness (QED) is 0.519. The molecule has 0 bridgehead atoms. The Morgan fingerprint density at radius 3 is 2.00 bits per heavy atom. The molecule has 12 heavy (non-hydrogen) atoms. The first-order valence-corrected chi connectivity index (χ1v) is 3.01. The van der Waals surface area contributed by atoms with E-state index < -0.39 is 30.7 Å². The van der Waals surface area contributed by atoms with Crippen LogP contribution >= 0.6 is 0 Å². The van der Waals surface area contributed by atoms with Gasteiger partial charge in [-0.3, -0.25) is 0 Å². The van der Waals surface area contributed by atoms with Crippen molar-refractivity contribution in [1.29, 1.82) is 0 Å². The summed E-state index contributed by atoms with van der Waals surface area (Å²) >= 11 is 0. The Bertz CT molecular complexity index is 181. The number of hydrogen-bond acceptors (Lipinski definition) is 3. The van der Waals surface area contributed by atoms with Gasteiger partial charge in [-0.15, -0.1) is 0 Å². The number of quaternary nitrogens is 1. The summed E-state index contributed by atoms with van der Waals surface area (Å²) in [6, 6.07) is 0. The van der Waals surface area contributed by atoms with Crippen molar-refractivity contribution >= 4 is 5.97 Å². The first-order valence-electron chi connectivity index (χ1n) is 3.01. The molecule has 0 radical (unpaired) electrons. The molecule has 0 aliphatic heterocycles. The summed E-state index contributed by atoms with van der Waals surface area (Å²) < 4.78 is 35.7. The maximum Gasteiger partial charge on any atom is 0.423 e. The van der Waals surface area contributed by atoms with Gasteiger partial charge in [0.1, 0.15) is 6.54 Å². The second-order valence-corrected chi connectivity index (χ2v) is 2.33. The fraction of sp³-hybridized carbons (Fsp3) is 0.800. The van der Waals surface area contributed by atoms with Crippen LogP contribution in [0.1, 0.15) is 6.42 Å². The monoisotopic (exact) mass is 187 g/mol. The van der Waals surface area contributed by atoms with Crippen molar-refractivity contribution in [3.63, 3.8) is 0 Å². The minimum Gasteiger partial charge on any atom is -0.550 e. The molecular formula is C5H8F3NO3. The van der Waals surface area contributed by atoms with Crippen LogP contribution in [0, 0.1) is 0 Å². The predicted molar refractivity (Wildman–Crippen MR) is 28.4 cm³/mol. The van der Waals surface area contributed by atoms with Crippen LogP contribution in [0.5, 0.6) is 0 Å². The van der Waals surface area contributed by atoms with E-state index in [1.807, 2.05) is 0 Å². The Balaban J connectivity index is 4.56. The number of alkyl halides is 3. The van der Waals surface area contributed by atoms with Crippen LogP contribution in [0.15, 0.2) is 0 Å². The molecule has 4 nitrogen and oxygen atoms in total. The van der Waals surface area contributed by atoms with E-state index in [2.05, 4.69) is 5.73 Å². The largest absolute Gasteiger partial charge is 0.550 e. The van der Waals surface area contributed by atoms with Gasteiger partial charge in [0, 0.05) is 12.4 Å². The third-order valence-electron chi connectivity index (χ3n) is 1.38. The van der Waals surface area contributed by atoms with Gasteiger partial charge in [-0.25, -0.2) is 0 Å². The standard InChI is InChI=1S/C5H8F3NO3/c6-5(7,8)4(12,2-9)1-3(10)11/h12H,1-2,9H2,(H,10,11)/t4-/m0/s1. The number of carboxylic acid groups (broad SMARTS) is 1. The molecule has 0 saturated carbocycles. The number of aliphatic hydroxyl groups is 1. The highest BCUT2D eigenvalue weighted by molar-refractivity contribution is 5.65. The molecule has 0 amide bonds. The smallest absolute Gasteiger partial charge is 0.423 e. The van der Waals surface area contributed by atoms with E-state index in [4.69, 9.17) is 5.11 Å². The van der Waals surface area contributed by atoms with Crippen LogP contribution in [-0.4, -0.2) is 29.4 Å². The molecule has 0 saturated heterocycles. The normalized spacial score (nSPS) is 17.1. The maximum atomic E-state index is 11.9. The van der Waals surface area contributed by atoms with Crippen molar-refractivity contribution < 1.29 is 33.9 Å². The first kappa shape index (κ1) is 11.2. The van der Waals surface area contributed by atoms with E-state index >= 15 is 0 Å². The third kappa shape index (κ3) is 2.35. The van der Waals surface area contributed by atoms with Gasteiger partial charge in [0.15, 0.2) is 0 Å². The van der Waals surface area contributed by atoms with Gasteiger partial charge in [0.05, 0.1) is 0 Å². The van der Waals surface area contributed by atoms with E-state index in [1.165, 1.54) is 0 Å². The van der Waals surface area contributed by atoms with Crippen molar-refractivity contribution in [2.75, 3.05) is 6.54 Å². The number of hydrogen-bond donors (Lipinski definition) is 2. The van der Waals surface area contributed by atoms with Crippen molar-refractivity contribution in [2.24, 2.45) is 0 Å². The highest BCUT2D eigenvalue weighted by Gasteiger charge is 2.54. The van der Waals surface area contributed by atoms with Crippen molar-refractivity contribution in [2.45, 2.75) is 18.2 Å². The van der Waals surface area contributed by atoms with Crippen LogP contribution in [0.25, 0.3) is 0 Å². The first-order chi connectivity index (χ1) is 5.23. The lowest BCUT2D eigenvalue weighted by Crippen LogP contribution is -2.67. The lowest BCUT2D eigenvalue weighted by Gasteiger charge is -2.27. The summed E-state index contributed by atoms with van der Waals surface area (Å²) in [7, 11) is 0. The Labute approximate surface area is 65.8 Å². The Kier molecular flexibility index (Phi) is 3.05. The topological polar surface area (TPSA) is 88.0 Å². The molecule has 0 aromatic rings. The molecule has 0 spiro atoms.